The van der Waals surface area contributed by atoms with Gasteiger partial charge in [0.2, 0.25) is 5.88 Å². The van der Waals surface area contributed by atoms with Gasteiger partial charge < -0.3 is 14.6 Å². The molecule has 3 aromatic rings. The first kappa shape index (κ1) is 23.8. The minimum absolute atomic E-state index is 0.0904. The van der Waals surface area contributed by atoms with E-state index in [1.54, 1.807) is 4.68 Å². The summed E-state index contributed by atoms with van der Waals surface area (Å²) in [7, 11) is 1.88. The van der Waals surface area contributed by atoms with Crippen LogP contribution in [0.2, 0.25) is 5.02 Å². The molecule has 4 rings (SSSR count). The molecule has 1 aliphatic carbocycles. The number of aliphatic hydroxyl groups is 1. The smallest absolute Gasteiger partial charge is 0.222 e. The first-order valence-corrected chi connectivity index (χ1v) is 11.9. The fourth-order valence-corrected chi connectivity index (χ4v) is 4.07. The zero-order valence-electron chi connectivity index (χ0n) is 19.4. The summed E-state index contributed by atoms with van der Waals surface area (Å²) < 4.78 is 13.7. The minimum Gasteiger partial charge on any atom is -0.437 e. The minimum atomic E-state index is -0.558. The number of rotatable bonds is 11. The number of aromatic nitrogens is 2. The van der Waals surface area contributed by atoms with Crippen LogP contribution < -0.4 is 4.74 Å². The fourth-order valence-electron chi connectivity index (χ4n) is 3.89. The molecule has 176 valence electrons. The Morgan fingerprint density at radius 1 is 1.12 bits per heavy atom. The third-order valence-electron chi connectivity index (χ3n) is 5.67. The van der Waals surface area contributed by atoms with Gasteiger partial charge in [-0.1, -0.05) is 54.1 Å². The number of aliphatic hydroxyl groups excluding tert-OH is 1. The summed E-state index contributed by atoms with van der Waals surface area (Å²) in [6.45, 7) is 5.42. The lowest BCUT2D eigenvalue weighted by Gasteiger charge is -2.26. The first-order chi connectivity index (χ1) is 15.9. The summed E-state index contributed by atoms with van der Waals surface area (Å²) in [6.07, 6.45) is 1.78. The molecular weight excluding hydrogens is 438 g/mol. The summed E-state index contributed by atoms with van der Waals surface area (Å²) in [4.78, 5) is 2.32. The highest BCUT2D eigenvalue weighted by atomic mass is 35.5. The highest BCUT2D eigenvalue weighted by Crippen LogP contribution is 2.38. The van der Waals surface area contributed by atoms with Crippen molar-refractivity contribution in [2.24, 2.45) is 7.05 Å². The van der Waals surface area contributed by atoms with Crippen LogP contribution in [-0.2, 0) is 18.3 Å². The Morgan fingerprint density at radius 3 is 2.48 bits per heavy atom. The lowest BCUT2D eigenvalue weighted by Crippen LogP contribution is -2.36. The normalized spacial score (nSPS) is 14.8. The molecule has 0 saturated heterocycles. The quantitative estimate of drug-likeness (QED) is 0.414. The number of hydrogen-bond donors (Lipinski definition) is 1. The van der Waals surface area contributed by atoms with Gasteiger partial charge in [-0.25, -0.2) is 4.68 Å². The molecule has 0 radical (unpaired) electrons. The van der Waals surface area contributed by atoms with E-state index in [9.17, 15) is 5.11 Å². The van der Waals surface area contributed by atoms with Crippen LogP contribution in [0.25, 0.3) is 11.3 Å². The van der Waals surface area contributed by atoms with Crippen molar-refractivity contribution in [3.8, 4) is 22.9 Å². The third-order valence-corrected chi connectivity index (χ3v) is 5.98. The zero-order valence-corrected chi connectivity index (χ0v) is 20.2. The monoisotopic (exact) mass is 469 g/mol. The summed E-state index contributed by atoms with van der Waals surface area (Å²) in [6, 6.07) is 18.0. The fraction of sp³-hybridized carbons (Fsp3) is 0.423. The van der Waals surface area contributed by atoms with Crippen molar-refractivity contribution in [1.82, 2.24) is 14.7 Å². The van der Waals surface area contributed by atoms with Crippen molar-refractivity contribution in [2.45, 2.75) is 51.5 Å². The summed E-state index contributed by atoms with van der Waals surface area (Å²) in [5.41, 5.74) is 2.88. The van der Waals surface area contributed by atoms with Crippen LogP contribution in [0.3, 0.4) is 0 Å². The highest BCUT2D eigenvalue weighted by Gasteiger charge is 2.33. The molecule has 0 bridgehead atoms. The van der Waals surface area contributed by atoms with Gasteiger partial charge in [-0.2, -0.15) is 5.10 Å². The molecule has 1 N–H and O–H groups in total. The van der Waals surface area contributed by atoms with Crippen LogP contribution >= 0.6 is 11.6 Å². The average molecular weight is 470 g/mol. The second-order valence-electron chi connectivity index (χ2n) is 8.85. The van der Waals surface area contributed by atoms with E-state index in [-0.39, 0.29) is 6.10 Å². The van der Waals surface area contributed by atoms with E-state index < -0.39 is 6.10 Å². The van der Waals surface area contributed by atoms with Crippen LogP contribution in [0.1, 0.15) is 32.3 Å². The molecule has 1 atom stereocenters. The second-order valence-corrected chi connectivity index (χ2v) is 9.26. The Kier molecular flexibility index (Phi) is 7.71. The van der Waals surface area contributed by atoms with E-state index >= 15 is 0 Å². The van der Waals surface area contributed by atoms with Crippen molar-refractivity contribution in [3.05, 3.63) is 65.2 Å². The summed E-state index contributed by atoms with van der Waals surface area (Å²) in [5.74, 6) is 1.24. The highest BCUT2D eigenvalue weighted by molar-refractivity contribution is 6.32. The maximum absolute atomic E-state index is 10.6. The van der Waals surface area contributed by atoms with Gasteiger partial charge in [-0.3, -0.25) is 4.90 Å². The Labute approximate surface area is 200 Å². The summed E-state index contributed by atoms with van der Waals surface area (Å²) in [5, 5.41) is 16.0. The van der Waals surface area contributed by atoms with E-state index in [4.69, 9.17) is 26.2 Å². The summed E-state index contributed by atoms with van der Waals surface area (Å²) >= 11 is 6.39. The first-order valence-electron chi connectivity index (χ1n) is 11.5. The van der Waals surface area contributed by atoms with E-state index in [2.05, 4.69) is 17.0 Å². The lowest BCUT2D eigenvalue weighted by molar-refractivity contribution is -0.0107. The molecule has 1 saturated carbocycles. The Morgan fingerprint density at radius 2 is 1.82 bits per heavy atom. The molecule has 33 heavy (non-hydrogen) atoms. The third kappa shape index (κ3) is 6.15. The lowest BCUT2D eigenvalue weighted by atomic mass is 10.1. The van der Waals surface area contributed by atoms with Crippen molar-refractivity contribution in [2.75, 3.05) is 13.2 Å². The number of hydrogen-bond acceptors (Lipinski definition) is 5. The SMILES string of the molecule is CC(C)OCC(O)CN(Cc1c(-c2ccccc2)nn(C)c1Oc1ccccc1Cl)C1CC1. The molecule has 1 unspecified atom stereocenters. The molecule has 2 aromatic carbocycles. The van der Waals surface area contributed by atoms with Crippen LogP contribution in [0.4, 0.5) is 0 Å². The predicted molar refractivity (Wildman–Crippen MR) is 131 cm³/mol. The molecule has 1 aromatic heterocycles. The van der Waals surface area contributed by atoms with Crippen LogP contribution in [-0.4, -0.2) is 51.2 Å². The molecule has 6 nitrogen and oxygen atoms in total. The van der Waals surface area contributed by atoms with Crippen LogP contribution in [0.5, 0.6) is 11.6 Å². The van der Waals surface area contributed by atoms with E-state index in [1.807, 2.05) is 63.4 Å². The van der Waals surface area contributed by atoms with Crippen molar-refractivity contribution in [3.63, 3.8) is 0 Å². The largest absolute Gasteiger partial charge is 0.437 e. The molecule has 0 spiro atoms. The maximum Gasteiger partial charge on any atom is 0.222 e. The van der Waals surface area contributed by atoms with Gasteiger partial charge in [0.05, 0.1) is 29.4 Å². The Bertz CT molecular complexity index is 1050. The number of benzene rings is 2. The molecular formula is C26H32ClN3O3. The molecule has 7 heteroatoms. The number of nitrogens with zero attached hydrogens (tertiary/aromatic N) is 3. The van der Waals surface area contributed by atoms with Gasteiger partial charge in [-0.05, 0) is 38.8 Å². The van der Waals surface area contributed by atoms with Gasteiger partial charge in [-0.15, -0.1) is 0 Å². The van der Waals surface area contributed by atoms with Gasteiger partial charge in [0.1, 0.15) is 11.4 Å². The van der Waals surface area contributed by atoms with Gasteiger partial charge in [0.15, 0.2) is 0 Å². The molecule has 0 amide bonds. The predicted octanol–water partition coefficient (Wildman–Crippen LogP) is 5.28. The standard InChI is InChI=1S/C26H32ClN3O3/c1-18(2)32-17-21(31)15-30(20-13-14-20)16-22-25(19-9-5-4-6-10-19)28-29(3)26(22)33-24-12-8-7-11-23(24)27/h4-12,18,20-21,31H,13-17H2,1-3H3. The molecule has 0 aliphatic heterocycles. The number of halogens is 1. The molecule has 1 fully saturated rings. The maximum atomic E-state index is 10.6. The number of para-hydroxylation sites is 1. The van der Waals surface area contributed by atoms with Crippen molar-refractivity contribution >= 4 is 11.6 Å². The van der Waals surface area contributed by atoms with Gasteiger partial charge in [0, 0.05) is 31.7 Å². The van der Waals surface area contributed by atoms with E-state index in [0.29, 0.717) is 42.4 Å². The Hall–Kier alpha value is -2.38. The second kappa shape index (κ2) is 10.7. The van der Waals surface area contributed by atoms with Crippen molar-refractivity contribution in [1.29, 1.82) is 0 Å². The Balaban J connectivity index is 1.66. The van der Waals surface area contributed by atoms with Crippen LogP contribution in [0, 0.1) is 0 Å². The van der Waals surface area contributed by atoms with E-state index in [1.165, 1.54) is 0 Å². The molecule has 1 heterocycles. The zero-order chi connectivity index (χ0) is 23.4. The van der Waals surface area contributed by atoms with Gasteiger partial charge in [0.25, 0.3) is 0 Å². The van der Waals surface area contributed by atoms with Gasteiger partial charge >= 0.3 is 0 Å². The number of aryl methyl sites for hydroxylation is 1. The molecule has 1 aliphatic rings. The van der Waals surface area contributed by atoms with E-state index in [0.717, 1.165) is 29.7 Å². The van der Waals surface area contributed by atoms with Crippen molar-refractivity contribution < 1.29 is 14.6 Å². The topological polar surface area (TPSA) is 59.8 Å². The van der Waals surface area contributed by atoms with Crippen LogP contribution in [0.15, 0.2) is 54.6 Å². The average Bonchev–Trinajstić information content (AvgIpc) is 3.60. The number of ether oxygens (including phenoxy) is 2.